The molecule has 0 N–H and O–H groups in total. The van der Waals surface area contributed by atoms with Crippen LogP contribution >= 0.6 is 0 Å². The fourth-order valence-corrected chi connectivity index (χ4v) is 2.49. The fraction of sp³-hybridized carbons (Fsp3) is 1.00. The highest BCUT2D eigenvalue weighted by Crippen LogP contribution is 2.39. The highest BCUT2D eigenvalue weighted by molar-refractivity contribution is 4.97. The molecule has 4 atom stereocenters. The van der Waals surface area contributed by atoms with Crippen LogP contribution in [0, 0.1) is 0 Å². The standard InChI is InChI=1S/C11H19NO4/c1-11(2)15-8-7(6-12-4-5-12)14-10(13-3)9(8)16-11/h7-10H,4-6H2,1-3H3/t7-,8-,9+,10-/m0/s1. The number of hydrogen-bond donors (Lipinski definition) is 0. The molecule has 3 aliphatic rings. The average molecular weight is 229 g/mol. The SMILES string of the molecule is CO[C@H]1O[C@@H](CN2CC2)[C@@H]2OC(C)(C)O[C@@H]12. The first kappa shape index (κ1) is 10.9. The zero-order valence-electron chi connectivity index (χ0n) is 10.0. The molecule has 0 aromatic carbocycles. The van der Waals surface area contributed by atoms with Gasteiger partial charge in [0.2, 0.25) is 0 Å². The van der Waals surface area contributed by atoms with Gasteiger partial charge in [0, 0.05) is 26.7 Å². The van der Waals surface area contributed by atoms with Gasteiger partial charge >= 0.3 is 0 Å². The van der Waals surface area contributed by atoms with Crippen LogP contribution in [0.15, 0.2) is 0 Å². The summed E-state index contributed by atoms with van der Waals surface area (Å²) in [5.74, 6) is -0.521. The molecule has 16 heavy (non-hydrogen) atoms. The lowest BCUT2D eigenvalue weighted by Crippen LogP contribution is -2.34. The predicted octanol–water partition coefficient (Wildman–Crippen LogP) is 0.193. The van der Waals surface area contributed by atoms with Crippen LogP contribution in [0.25, 0.3) is 0 Å². The minimum atomic E-state index is -0.521. The quantitative estimate of drug-likeness (QED) is 0.646. The third-order valence-corrected chi connectivity index (χ3v) is 3.32. The third kappa shape index (κ3) is 1.87. The molecular weight excluding hydrogens is 210 g/mol. The van der Waals surface area contributed by atoms with Crippen LogP contribution in [0.2, 0.25) is 0 Å². The summed E-state index contributed by atoms with van der Waals surface area (Å²) in [6.07, 6.45) is -0.318. The Balaban J connectivity index is 1.72. The van der Waals surface area contributed by atoms with Crippen molar-refractivity contribution in [2.75, 3.05) is 26.7 Å². The molecule has 5 nitrogen and oxygen atoms in total. The first-order valence-corrected chi connectivity index (χ1v) is 5.85. The number of rotatable bonds is 3. The molecule has 3 aliphatic heterocycles. The monoisotopic (exact) mass is 229 g/mol. The van der Waals surface area contributed by atoms with Gasteiger partial charge in [0.1, 0.15) is 18.3 Å². The summed E-state index contributed by atoms with van der Waals surface area (Å²) >= 11 is 0. The summed E-state index contributed by atoms with van der Waals surface area (Å²) in [7, 11) is 1.65. The summed E-state index contributed by atoms with van der Waals surface area (Å²) in [4.78, 5) is 2.33. The van der Waals surface area contributed by atoms with Crippen LogP contribution < -0.4 is 0 Å². The van der Waals surface area contributed by atoms with Gasteiger partial charge in [0.25, 0.3) is 0 Å². The number of fused-ring (bicyclic) bond motifs is 1. The molecule has 3 rings (SSSR count). The van der Waals surface area contributed by atoms with Gasteiger partial charge in [0.15, 0.2) is 12.1 Å². The molecule has 92 valence electrons. The lowest BCUT2D eigenvalue weighted by Gasteiger charge is -2.23. The van der Waals surface area contributed by atoms with E-state index in [2.05, 4.69) is 4.90 Å². The van der Waals surface area contributed by atoms with Crippen molar-refractivity contribution in [2.24, 2.45) is 0 Å². The normalized spacial score (nSPS) is 45.9. The number of ether oxygens (including phenoxy) is 4. The van der Waals surface area contributed by atoms with E-state index in [1.54, 1.807) is 7.11 Å². The molecule has 3 fully saturated rings. The lowest BCUT2D eigenvalue weighted by atomic mass is 10.1. The topological polar surface area (TPSA) is 39.9 Å². The van der Waals surface area contributed by atoms with Crippen molar-refractivity contribution in [2.45, 2.75) is 44.2 Å². The Kier molecular flexibility index (Phi) is 2.49. The van der Waals surface area contributed by atoms with E-state index in [0.29, 0.717) is 0 Å². The third-order valence-electron chi connectivity index (χ3n) is 3.32. The Bertz CT molecular complexity index is 279. The van der Waals surface area contributed by atoms with Crippen LogP contribution in [-0.2, 0) is 18.9 Å². The van der Waals surface area contributed by atoms with E-state index in [-0.39, 0.29) is 24.6 Å². The van der Waals surface area contributed by atoms with E-state index in [0.717, 1.165) is 6.54 Å². The van der Waals surface area contributed by atoms with E-state index in [9.17, 15) is 0 Å². The minimum absolute atomic E-state index is 0.000509. The Morgan fingerprint density at radius 3 is 2.56 bits per heavy atom. The van der Waals surface area contributed by atoms with Gasteiger partial charge in [-0.1, -0.05) is 0 Å². The molecule has 0 spiro atoms. The van der Waals surface area contributed by atoms with Gasteiger partial charge in [-0.25, -0.2) is 0 Å². The summed E-state index contributed by atoms with van der Waals surface area (Å²) in [6.45, 7) is 7.12. The van der Waals surface area contributed by atoms with Crippen LogP contribution in [0.3, 0.4) is 0 Å². The van der Waals surface area contributed by atoms with Crippen molar-refractivity contribution in [1.82, 2.24) is 4.90 Å². The summed E-state index contributed by atoms with van der Waals surface area (Å²) in [5, 5.41) is 0. The van der Waals surface area contributed by atoms with Gasteiger partial charge < -0.3 is 18.9 Å². The Morgan fingerprint density at radius 1 is 1.25 bits per heavy atom. The maximum Gasteiger partial charge on any atom is 0.186 e. The molecule has 5 heteroatoms. The van der Waals surface area contributed by atoms with Crippen LogP contribution in [0.4, 0.5) is 0 Å². The molecule has 3 saturated heterocycles. The molecule has 0 saturated carbocycles. The first-order valence-electron chi connectivity index (χ1n) is 5.85. The van der Waals surface area contributed by atoms with Crippen molar-refractivity contribution >= 4 is 0 Å². The second-order valence-corrected chi connectivity index (χ2v) is 5.14. The molecular formula is C11H19NO4. The molecule has 0 aromatic rings. The highest BCUT2D eigenvalue weighted by atomic mass is 16.8. The van der Waals surface area contributed by atoms with Gasteiger partial charge in [-0.05, 0) is 13.8 Å². The van der Waals surface area contributed by atoms with Crippen molar-refractivity contribution in [3.05, 3.63) is 0 Å². The molecule has 0 aromatic heterocycles. The number of hydrogen-bond acceptors (Lipinski definition) is 5. The molecule has 0 bridgehead atoms. The highest BCUT2D eigenvalue weighted by Gasteiger charge is 2.56. The smallest absolute Gasteiger partial charge is 0.186 e. The van der Waals surface area contributed by atoms with Gasteiger partial charge in [-0.15, -0.1) is 0 Å². The Labute approximate surface area is 95.6 Å². The number of nitrogens with zero attached hydrogens (tertiary/aromatic N) is 1. The largest absolute Gasteiger partial charge is 0.353 e. The maximum absolute atomic E-state index is 5.89. The molecule has 0 radical (unpaired) electrons. The summed E-state index contributed by atoms with van der Waals surface area (Å²) in [5.41, 5.74) is 0. The van der Waals surface area contributed by atoms with Crippen LogP contribution in [0.1, 0.15) is 13.8 Å². The zero-order valence-corrected chi connectivity index (χ0v) is 10.0. The Morgan fingerprint density at radius 2 is 1.94 bits per heavy atom. The first-order chi connectivity index (χ1) is 7.59. The van der Waals surface area contributed by atoms with Crippen molar-refractivity contribution in [3.63, 3.8) is 0 Å². The van der Waals surface area contributed by atoms with Crippen LogP contribution in [-0.4, -0.2) is 62.0 Å². The molecule has 3 heterocycles. The number of methoxy groups -OCH3 is 1. The maximum atomic E-state index is 5.89. The Hall–Kier alpha value is -0.200. The van der Waals surface area contributed by atoms with Gasteiger partial charge in [0.05, 0.1) is 0 Å². The van der Waals surface area contributed by atoms with Gasteiger partial charge in [-0.2, -0.15) is 0 Å². The molecule has 0 unspecified atom stereocenters. The second-order valence-electron chi connectivity index (χ2n) is 5.14. The summed E-state index contributed by atoms with van der Waals surface area (Å²) in [6, 6.07) is 0. The molecule has 0 aliphatic carbocycles. The fourth-order valence-electron chi connectivity index (χ4n) is 2.49. The molecule has 0 amide bonds. The van der Waals surface area contributed by atoms with E-state index in [1.165, 1.54) is 13.1 Å². The van der Waals surface area contributed by atoms with Crippen LogP contribution in [0.5, 0.6) is 0 Å². The predicted molar refractivity (Wildman–Crippen MR) is 55.9 cm³/mol. The average Bonchev–Trinajstić information content (AvgIpc) is 2.89. The van der Waals surface area contributed by atoms with Crippen molar-refractivity contribution in [1.29, 1.82) is 0 Å². The minimum Gasteiger partial charge on any atom is -0.353 e. The van der Waals surface area contributed by atoms with E-state index in [4.69, 9.17) is 18.9 Å². The summed E-state index contributed by atoms with van der Waals surface area (Å²) < 4.78 is 22.8. The van der Waals surface area contributed by atoms with Gasteiger partial charge in [-0.3, -0.25) is 4.90 Å². The zero-order chi connectivity index (χ0) is 11.3. The van der Waals surface area contributed by atoms with E-state index < -0.39 is 5.79 Å². The van der Waals surface area contributed by atoms with E-state index >= 15 is 0 Å². The van der Waals surface area contributed by atoms with Crippen molar-refractivity contribution in [3.8, 4) is 0 Å². The second kappa shape index (κ2) is 3.65. The van der Waals surface area contributed by atoms with E-state index in [1.807, 2.05) is 13.8 Å². The van der Waals surface area contributed by atoms with Crippen molar-refractivity contribution < 1.29 is 18.9 Å². The lowest BCUT2D eigenvalue weighted by molar-refractivity contribution is -0.227.